The average molecular weight is 582 g/mol. The molecule has 0 atom stereocenters. The normalized spacial score (nSPS) is 11.6. The largest absolute Gasteiger partial charge is 0.494 e. The Morgan fingerprint density at radius 2 is 1.61 bits per heavy atom. The molecule has 3 aromatic rings. The molecule has 0 aliphatic heterocycles. The summed E-state index contributed by atoms with van der Waals surface area (Å²) < 4.78 is 30.9. The maximum atomic E-state index is 13.8. The van der Waals surface area contributed by atoms with Crippen LogP contribution in [0.1, 0.15) is 25.8 Å². The first-order chi connectivity index (χ1) is 15.8. The van der Waals surface area contributed by atoms with Crippen LogP contribution in [0.2, 0.25) is 0 Å². The monoisotopic (exact) mass is 582 g/mol. The highest BCUT2D eigenvalue weighted by molar-refractivity contribution is 14.2. The van der Waals surface area contributed by atoms with Crippen LogP contribution >= 0.6 is 21.2 Å². The molecule has 8 heteroatoms. The van der Waals surface area contributed by atoms with Crippen LogP contribution in [0.4, 0.5) is 0 Å². The molecule has 0 aliphatic carbocycles. The van der Waals surface area contributed by atoms with Crippen molar-refractivity contribution in [1.82, 2.24) is 0 Å². The topological polar surface area (TPSA) is 82.1 Å². The number of carboxylic acids is 1. The van der Waals surface area contributed by atoms with Crippen molar-refractivity contribution >= 4 is 34.3 Å². The summed E-state index contributed by atoms with van der Waals surface area (Å²) in [6.07, 6.45) is 0.649. The van der Waals surface area contributed by atoms with Crippen molar-refractivity contribution < 1.29 is 28.3 Å². The van der Waals surface area contributed by atoms with Crippen LogP contribution in [0.3, 0.4) is 0 Å². The lowest BCUT2D eigenvalue weighted by molar-refractivity contribution is -0.136. The number of benzene rings is 3. The molecule has 6 nitrogen and oxygen atoms in total. The van der Waals surface area contributed by atoms with E-state index >= 15 is 0 Å². The lowest BCUT2D eigenvalue weighted by Crippen LogP contribution is -2.07. The molecule has 0 heterocycles. The van der Waals surface area contributed by atoms with E-state index in [1.807, 2.05) is 59.3 Å². The molecule has 0 aliphatic rings. The van der Waals surface area contributed by atoms with E-state index in [-0.39, 0.29) is 6.42 Å². The maximum absolute atomic E-state index is 13.8. The van der Waals surface area contributed by atoms with Crippen LogP contribution in [0.15, 0.2) is 76.5 Å². The SMILES string of the molecule is CCCOc1cc(CC(=O)O)cc([SH](=O)(I)c2ccc(Oc3cccc(OCC)c3)cc2)c1. The second-order valence-corrected chi connectivity index (χ2v) is 13.5. The molecule has 0 bridgehead atoms. The number of thiol groups is 1. The zero-order chi connectivity index (χ0) is 23.8. The standard InChI is InChI=1S/C25H27IO6S/c1-3-12-31-22-13-18(15-25(27)28)14-24(17-22)33(26,29)23-10-8-19(9-11-23)32-21-7-5-6-20(16-21)30-4-2/h5-11,13-14,16-17,33H,3-4,12,15H2,1-2H3,(H,27,28). The Bertz CT molecular complexity index is 1150. The number of carbonyl (C=O) groups is 1. The van der Waals surface area contributed by atoms with E-state index in [0.29, 0.717) is 45.8 Å². The Kier molecular flexibility index (Phi) is 8.74. The van der Waals surface area contributed by atoms with Gasteiger partial charge in [-0.05, 0) is 80.6 Å². The van der Waals surface area contributed by atoms with Gasteiger partial charge in [-0.1, -0.05) is 13.0 Å². The summed E-state index contributed by atoms with van der Waals surface area (Å²) in [5.41, 5.74) is 0.553. The third-order valence-corrected chi connectivity index (χ3v) is 9.86. The van der Waals surface area contributed by atoms with Crippen LogP contribution in [-0.4, -0.2) is 28.5 Å². The third kappa shape index (κ3) is 6.94. The van der Waals surface area contributed by atoms with E-state index in [1.165, 1.54) is 0 Å². The number of hydrogen-bond donors (Lipinski definition) is 2. The Labute approximate surface area is 206 Å². The van der Waals surface area contributed by atoms with Crippen LogP contribution in [-0.2, 0) is 18.3 Å². The molecule has 3 aromatic carbocycles. The summed E-state index contributed by atoms with van der Waals surface area (Å²) >= 11 is 1.96. The van der Waals surface area contributed by atoms with Gasteiger partial charge in [-0.2, -0.15) is 0 Å². The minimum Gasteiger partial charge on any atom is -0.494 e. The highest BCUT2D eigenvalue weighted by atomic mass is 127. The Balaban J connectivity index is 1.85. The fourth-order valence-corrected chi connectivity index (χ4v) is 6.43. The van der Waals surface area contributed by atoms with Gasteiger partial charge in [-0.25, -0.2) is 0 Å². The van der Waals surface area contributed by atoms with Crippen LogP contribution in [0, 0.1) is 0 Å². The Hall–Kier alpha value is -2.59. The van der Waals surface area contributed by atoms with E-state index < -0.39 is 13.1 Å². The van der Waals surface area contributed by atoms with Gasteiger partial charge in [0, 0.05) is 37.1 Å². The predicted octanol–water partition coefficient (Wildman–Crippen LogP) is 6.08. The van der Waals surface area contributed by atoms with Crippen molar-refractivity contribution in [2.45, 2.75) is 36.5 Å². The van der Waals surface area contributed by atoms with Crippen LogP contribution in [0.25, 0.3) is 0 Å². The quantitative estimate of drug-likeness (QED) is 0.162. The number of ether oxygens (including phenoxy) is 3. The van der Waals surface area contributed by atoms with Crippen molar-refractivity contribution in [1.29, 1.82) is 0 Å². The van der Waals surface area contributed by atoms with Crippen molar-refractivity contribution in [3.63, 3.8) is 0 Å². The Morgan fingerprint density at radius 3 is 2.27 bits per heavy atom. The van der Waals surface area contributed by atoms with E-state index in [0.717, 1.165) is 12.2 Å². The molecule has 176 valence electrons. The lowest BCUT2D eigenvalue weighted by Gasteiger charge is -2.20. The molecule has 0 spiro atoms. The summed E-state index contributed by atoms with van der Waals surface area (Å²) in [4.78, 5) is 12.4. The van der Waals surface area contributed by atoms with Crippen molar-refractivity contribution in [2.24, 2.45) is 0 Å². The van der Waals surface area contributed by atoms with Gasteiger partial charge in [-0.15, -0.1) is 0 Å². The van der Waals surface area contributed by atoms with Gasteiger partial charge in [-0.3, -0.25) is 9.00 Å². The lowest BCUT2D eigenvalue weighted by atomic mass is 10.1. The third-order valence-electron chi connectivity index (χ3n) is 4.63. The summed E-state index contributed by atoms with van der Waals surface area (Å²) in [6.45, 7) is 4.98. The molecule has 0 amide bonds. The smallest absolute Gasteiger partial charge is 0.307 e. The van der Waals surface area contributed by atoms with Crippen LogP contribution < -0.4 is 14.2 Å². The summed E-state index contributed by atoms with van der Waals surface area (Å²) in [5.74, 6) is 1.55. The zero-order valence-electron chi connectivity index (χ0n) is 18.5. The molecule has 0 saturated heterocycles. The molecule has 0 saturated carbocycles. The highest BCUT2D eigenvalue weighted by Crippen LogP contribution is 2.38. The molecular formula is C25H27IO6S. The zero-order valence-corrected chi connectivity index (χ0v) is 21.5. The fourth-order valence-electron chi connectivity index (χ4n) is 3.17. The number of carboxylic acid groups (broad SMARTS) is 1. The minimum atomic E-state index is -3.02. The van der Waals surface area contributed by atoms with Gasteiger partial charge in [0.1, 0.15) is 23.0 Å². The molecule has 0 radical (unpaired) electrons. The van der Waals surface area contributed by atoms with Crippen LogP contribution in [0.5, 0.6) is 23.0 Å². The predicted molar refractivity (Wildman–Crippen MR) is 138 cm³/mol. The van der Waals surface area contributed by atoms with Gasteiger partial charge in [0.2, 0.25) is 0 Å². The Morgan fingerprint density at radius 1 is 0.879 bits per heavy atom. The molecule has 33 heavy (non-hydrogen) atoms. The average Bonchev–Trinajstić information content (AvgIpc) is 2.78. The van der Waals surface area contributed by atoms with Gasteiger partial charge < -0.3 is 19.3 Å². The maximum Gasteiger partial charge on any atom is 0.307 e. The second-order valence-electron chi connectivity index (χ2n) is 7.29. The second kappa shape index (κ2) is 11.5. The van der Waals surface area contributed by atoms with E-state index in [4.69, 9.17) is 14.2 Å². The van der Waals surface area contributed by atoms with Crippen molar-refractivity contribution in [3.8, 4) is 23.0 Å². The molecule has 0 unspecified atom stereocenters. The van der Waals surface area contributed by atoms with Crippen molar-refractivity contribution in [3.05, 3.63) is 72.3 Å². The van der Waals surface area contributed by atoms with Gasteiger partial charge in [0.15, 0.2) is 0 Å². The highest BCUT2D eigenvalue weighted by Gasteiger charge is 2.20. The van der Waals surface area contributed by atoms with E-state index in [9.17, 15) is 14.1 Å². The number of rotatable bonds is 11. The number of aliphatic carboxylic acids is 1. The summed E-state index contributed by atoms with van der Waals surface area (Å²) in [6, 6.07) is 19.6. The van der Waals surface area contributed by atoms with Gasteiger partial charge >= 0.3 is 5.97 Å². The first kappa shape index (κ1) is 25.0. The van der Waals surface area contributed by atoms with Gasteiger partial charge in [0.05, 0.1) is 19.6 Å². The van der Waals surface area contributed by atoms with E-state index in [2.05, 4.69) is 0 Å². The summed E-state index contributed by atoms with van der Waals surface area (Å²) in [7, 11) is -3.02. The minimum absolute atomic E-state index is 0.166. The van der Waals surface area contributed by atoms with Gasteiger partial charge in [0.25, 0.3) is 0 Å². The molecule has 3 rings (SSSR count). The molecule has 0 aromatic heterocycles. The molecule has 0 fully saturated rings. The fraction of sp³-hybridized carbons (Fsp3) is 0.240. The van der Waals surface area contributed by atoms with Crippen molar-refractivity contribution in [2.75, 3.05) is 13.2 Å². The first-order valence-electron chi connectivity index (χ1n) is 10.6. The number of halogens is 1. The molecular weight excluding hydrogens is 555 g/mol. The molecule has 1 N–H and O–H groups in total. The summed E-state index contributed by atoms with van der Waals surface area (Å²) in [5, 5.41) is 9.21. The number of hydrogen-bond acceptors (Lipinski definition) is 5. The first-order valence-corrected chi connectivity index (χ1v) is 15.1. The van der Waals surface area contributed by atoms with E-state index in [1.54, 1.807) is 42.5 Å².